The third-order valence-electron chi connectivity index (χ3n) is 3.69. The van der Waals surface area contributed by atoms with Gasteiger partial charge in [0.05, 0.1) is 19.6 Å². The van der Waals surface area contributed by atoms with Crippen molar-refractivity contribution in [1.29, 1.82) is 0 Å². The van der Waals surface area contributed by atoms with Crippen LogP contribution in [0.25, 0.3) is 0 Å². The summed E-state index contributed by atoms with van der Waals surface area (Å²) in [6, 6.07) is 0.00143. The van der Waals surface area contributed by atoms with Gasteiger partial charge >= 0.3 is 5.97 Å². The maximum atomic E-state index is 12.2. The van der Waals surface area contributed by atoms with Crippen LogP contribution in [0.3, 0.4) is 0 Å². The molecule has 0 aromatic carbocycles. The number of amides is 1. The van der Waals surface area contributed by atoms with Crippen LogP contribution in [-0.4, -0.2) is 49.1 Å². The van der Waals surface area contributed by atoms with Gasteiger partial charge in [0.25, 0.3) is 0 Å². The van der Waals surface area contributed by atoms with Crippen LogP contribution in [0.5, 0.6) is 0 Å². The summed E-state index contributed by atoms with van der Waals surface area (Å²) in [7, 11) is 1.35. The Hall–Kier alpha value is -1.10. The number of piperazine rings is 1. The number of carbonyl (C=O) groups excluding carboxylic acids is 2. The number of carbonyl (C=O) groups is 2. The number of ether oxygens (including phenoxy) is 1. The molecular weight excluding hydrogens is 220 g/mol. The lowest BCUT2D eigenvalue weighted by Crippen LogP contribution is -2.58. The lowest BCUT2D eigenvalue weighted by Gasteiger charge is -2.36. The zero-order valence-corrected chi connectivity index (χ0v) is 10.3. The SMILES string of the molecule is COC(=O)CC1NCCN(C2CCCC2)C1=O. The van der Waals surface area contributed by atoms with Crippen molar-refractivity contribution in [3.05, 3.63) is 0 Å². The van der Waals surface area contributed by atoms with Crippen LogP contribution in [0, 0.1) is 0 Å². The van der Waals surface area contributed by atoms with Crippen LogP contribution < -0.4 is 5.32 Å². The lowest BCUT2D eigenvalue weighted by molar-refractivity contribution is -0.147. The molecule has 0 spiro atoms. The fraction of sp³-hybridized carbons (Fsp3) is 0.833. The molecule has 1 amide bonds. The third kappa shape index (κ3) is 2.77. The summed E-state index contributed by atoms with van der Waals surface area (Å²) < 4.78 is 4.61. The first kappa shape index (κ1) is 12.4. The summed E-state index contributed by atoms with van der Waals surface area (Å²) in [6.45, 7) is 1.53. The van der Waals surface area contributed by atoms with Crippen LogP contribution in [0.4, 0.5) is 0 Å². The van der Waals surface area contributed by atoms with E-state index in [4.69, 9.17) is 0 Å². The highest BCUT2D eigenvalue weighted by molar-refractivity contribution is 5.87. The van der Waals surface area contributed by atoms with E-state index in [0.29, 0.717) is 6.04 Å². The van der Waals surface area contributed by atoms with Gasteiger partial charge in [0.15, 0.2) is 0 Å². The fourth-order valence-corrected chi connectivity index (χ4v) is 2.74. The summed E-state index contributed by atoms with van der Waals surface area (Å²) in [5.41, 5.74) is 0. The molecule has 0 bridgehead atoms. The second-order valence-electron chi connectivity index (χ2n) is 4.76. The number of nitrogens with zero attached hydrogens (tertiary/aromatic N) is 1. The Morgan fingerprint density at radius 1 is 1.47 bits per heavy atom. The number of rotatable bonds is 3. The van der Waals surface area contributed by atoms with Gasteiger partial charge in [0, 0.05) is 19.1 Å². The van der Waals surface area contributed by atoms with Crippen LogP contribution in [-0.2, 0) is 14.3 Å². The Morgan fingerprint density at radius 3 is 2.82 bits per heavy atom. The maximum absolute atomic E-state index is 12.2. The van der Waals surface area contributed by atoms with E-state index < -0.39 is 6.04 Å². The van der Waals surface area contributed by atoms with Gasteiger partial charge in [0.2, 0.25) is 5.91 Å². The van der Waals surface area contributed by atoms with Gasteiger partial charge in [-0.2, -0.15) is 0 Å². The Bertz CT molecular complexity index is 300. The average Bonchev–Trinajstić information content (AvgIpc) is 2.85. The van der Waals surface area contributed by atoms with E-state index in [1.54, 1.807) is 0 Å². The first-order valence-electron chi connectivity index (χ1n) is 6.33. The monoisotopic (exact) mass is 240 g/mol. The standard InChI is InChI=1S/C12H20N2O3/c1-17-11(15)8-10-12(16)14(7-6-13-10)9-4-2-3-5-9/h9-10,13H,2-8H2,1H3. The maximum Gasteiger partial charge on any atom is 0.307 e. The van der Waals surface area contributed by atoms with E-state index in [9.17, 15) is 9.59 Å². The smallest absolute Gasteiger partial charge is 0.307 e. The molecule has 0 aromatic heterocycles. The van der Waals surface area contributed by atoms with Crippen molar-refractivity contribution < 1.29 is 14.3 Å². The van der Waals surface area contributed by atoms with Crippen molar-refractivity contribution in [2.75, 3.05) is 20.2 Å². The highest BCUT2D eigenvalue weighted by Gasteiger charge is 2.35. The molecular formula is C12H20N2O3. The molecule has 17 heavy (non-hydrogen) atoms. The molecule has 5 nitrogen and oxygen atoms in total. The second kappa shape index (κ2) is 5.49. The van der Waals surface area contributed by atoms with E-state index >= 15 is 0 Å². The highest BCUT2D eigenvalue weighted by atomic mass is 16.5. The van der Waals surface area contributed by atoms with Gasteiger partial charge in [0.1, 0.15) is 0 Å². The Balaban J connectivity index is 1.95. The summed E-state index contributed by atoms with van der Waals surface area (Å²) in [5.74, 6) is -0.266. The van der Waals surface area contributed by atoms with Gasteiger partial charge in [-0.25, -0.2) is 0 Å². The zero-order chi connectivity index (χ0) is 12.3. The molecule has 2 aliphatic rings. The van der Waals surface area contributed by atoms with Crippen molar-refractivity contribution in [3.63, 3.8) is 0 Å². The second-order valence-corrected chi connectivity index (χ2v) is 4.76. The van der Waals surface area contributed by atoms with E-state index in [2.05, 4.69) is 10.1 Å². The van der Waals surface area contributed by atoms with Crippen molar-refractivity contribution in [1.82, 2.24) is 10.2 Å². The average molecular weight is 240 g/mol. The minimum atomic E-state index is -0.392. The largest absolute Gasteiger partial charge is 0.469 e. The molecule has 0 aromatic rings. The predicted molar refractivity (Wildman–Crippen MR) is 62.4 cm³/mol. The molecule has 1 saturated heterocycles. The highest BCUT2D eigenvalue weighted by Crippen LogP contribution is 2.25. The van der Waals surface area contributed by atoms with E-state index in [1.807, 2.05) is 4.90 Å². The van der Waals surface area contributed by atoms with Crippen LogP contribution >= 0.6 is 0 Å². The van der Waals surface area contributed by atoms with E-state index in [-0.39, 0.29) is 18.3 Å². The first-order chi connectivity index (χ1) is 8.22. The quantitative estimate of drug-likeness (QED) is 0.720. The molecule has 2 rings (SSSR count). The predicted octanol–water partition coefficient (Wildman–Crippen LogP) is 0.292. The van der Waals surface area contributed by atoms with Crippen molar-refractivity contribution in [2.24, 2.45) is 0 Å². The Kier molecular flexibility index (Phi) is 3.99. The minimum absolute atomic E-state index is 0.0635. The molecule has 1 aliphatic carbocycles. The van der Waals surface area contributed by atoms with Crippen molar-refractivity contribution in [3.8, 4) is 0 Å². The molecule has 1 heterocycles. The summed E-state index contributed by atoms with van der Waals surface area (Å²) >= 11 is 0. The van der Waals surface area contributed by atoms with Gasteiger partial charge in [-0.05, 0) is 12.8 Å². The normalized spacial score (nSPS) is 26.3. The number of hydrogen-bond acceptors (Lipinski definition) is 4. The summed E-state index contributed by atoms with van der Waals surface area (Å²) in [4.78, 5) is 25.4. The molecule has 0 radical (unpaired) electrons. The van der Waals surface area contributed by atoms with E-state index in [1.165, 1.54) is 20.0 Å². The molecule has 2 fully saturated rings. The molecule has 1 aliphatic heterocycles. The lowest BCUT2D eigenvalue weighted by atomic mass is 10.1. The molecule has 1 atom stereocenters. The zero-order valence-electron chi connectivity index (χ0n) is 10.3. The van der Waals surface area contributed by atoms with Crippen molar-refractivity contribution >= 4 is 11.9 Å². The van der Waals surface area contributed by atoms with E-state index in [0.717, 1.165) is 25.9 Å². The van der Waals surface area contributed by atoms with Gasteiger partial charge in [-0.1, -0.05) is 12.8 Å². The number of methoxy groups -OCH3 is 1. The fourth-order valence-electron chi connectivity index (χ4n) is 2.74. The summed E-state index contributed by atoms with van der Waals surface area (Å²) in [5, 5.41) is 3.10. The Morgan fingerprint density at radius 2 is 2.18 bits per heavy atom. The van der Waals surface area contributed by atoms with Crippen LogP contribution in [0.2, 0.25) is 0 Å². The Labute approximate surface area is 101 Å². The first-order valence-corrected chi connectivity index (χ1v) is 6.33. The molecule has 1 unspecified atom stereocenters. The number of nitrogens with one attached hydrogen (secondary N) is 1. The topological polar surface area (TPSA) is 58.6 Å². The minimum Gasteiger partial charge on any atom is -0.469 e. The molecule has 1 N–H and O–H groups in total. The van der Waals surface area contributed by atoms with Gasteiger partial charge in [-0.15, -0.1) is 0 Å². The van der Waals surface area contributed by atoms with Gasteiger partial charge in [-0.3, -0.25) is 9.59 Å². The van der Waals surface area contributed by atoms with Gasteiger partial charge < -0.3 is 15.0 Å². The number of esters is 1. The van der Waals surface area contributed by atoms with Crippen LogP contribution in [0.15, 0.2) is 0 Å². The molecule has 5 heteroatoms. The summed E-state index contributed by atoms with van der Waals surface area (Å²) in [6.07, 6.45) is 4.78. The molecule has 1 saturated carbocycles. The van der Waals surface area contributed by atoms with Crippen molar-refractivity contribution in [2.45, 2.75) is 44.2 Å². The third-order valence-corrected chi connectivity index (χ3v) is 3.69. The number of hydrogen-bond donors (Lipinski definition) is 1. The van der Waals surface area contributed by atoms with Crippen LogP contribution in [0.1, 0.15) is 32.1 Å². The molecule has 96 valence electrons.